The van der Waals surface area contributed by atoms with Gasteiger partial charge in [0.1, 0.15) is 0 Å². The monoisotopic (exact) mass is 278 g/mol. The quantitative estimate of drug-likeness (QED) is 0.758. The number of hydrogen-bond donors (Lipinski definition) is 2. The number of carbonyl (C=O) groups excluding carboxylic acids is 1. The Kier molecular flexibility index (Phi) is 7.26. The topological polar surface area (TPSA) is 66.6 Å². The summed E-state index contributed by atoms with van der Waals surface area (Å²) in [6.07, 6.45) is 2.28. The third-order valence-corrected chi connectivity index (χ3v) is 3.62. The molecular weight excluding hydrogens is 252 g/mol. The number of rotatable bonds is 8. The maximum Gasteiger partial charge on any atom is 0.240 e. The molecule has 0 saturated carbocycles. The maximum absolute atomic E-state index is 12.5. The Balaban J connectivity index is 2.73. The van der Waals surface area contributed by atoms with Crippen LogP contribution < -0.4 is 5.73 Å². The van der Waals surface area contributed by atoms with Crippen LogP contribution in [0.2, 0.25) is 0 Å². The Labute approximate surface area is 121 Å². The molecule has 0 radical (unpaired) electrons. The van der Waals surface area contributed by atoms with Gasteiger partial charge in [-0.05, 0) is 24.8 Å². The number of nitrogens with two attached hydrogens (primary N) is 1. The second-order valence-corrected chi connectivity index (χ2v) is 5.02. The molecule has 0 fully saturated rings. The zero-order valence-corrected chi connectivity index (χ0v) is 12.5. The van der Waals surface area contributed by atoms with Gasteiger partial charge in [-0.1, -0.05) is 44.2 Å². The van der Waals surface area contributed by atoms with Crippen LogP contribution in [-0.2, 0) is 11.2 Å². The van der Waals surface area contributed by atoms with Crippen molar-refractivity contribution in [3.8, 4) is 0 Å². The van der Waals surface area contributed by atoms with Gasteiger partial charge in [0, 0.05) is 12.6 Å². The molecule has 0 aromatic heterocycles. The van der Waals surface area contributed by atoms with Gasteiger partial charge < -0.3 is 15.7 Å². The SMILES string of the molecule is CCC(CC)N(CCO)C(=O)C(N)Cc1ccccc1. The minimum absolute atomic E-state index is 0.0275. The largest absolute Gasteiger partial charge is 0.395 e. The van der Waals surface area contributed by atoms with Crippen LogP contribution >= 0.6 is 0 Å². The van der Waals surface area contributed by atoms with Gasteiger partial charge in [-0.15, -0.1) is 0 Å². The second-order valence-electron chi connectivity index (χ2n) is 5.02. The predicted molar refractivity (Wildman–Crippen MR) is 81.3 cm³/mol. The molecule has 1 rings (SSSR count). The molecule has 0 aliphatic heterocycles. The highest BCUT2D eigenvalue weighted by Gasteiger charge is 2.25. The number of nitrogens with zero attached hydrogens (tertiary/aromatic N) is 1. The normalized spacial score (nSPS) is 12.4. The molecule has 4 nitrogen and oxygen atoms in total. The fourth-order valence-corrected chi connectivity index (χ4v) is 2.48. The smallest absolute Gasteiger partial charge is 0.240 e. The van der Waals surface area contributed by atoms with E-state index in [0.717, 1.165) is 18.4 Å². The van der Waals surface area contributed by atoms with Crippen LogP contribution in [0.3, 0.4) is 0 Å². The van der Waals surface area contributed by atoms with Crippen LogP contribution in [0.1, 0.15) is 32.3 Å². The number of aliphatic hydroxyl groups is 1. The molecule has 1 aromatic carbocycles. The lowest BCUT2D eigenvalue weighted by molar-refractivity contribution is -0.135. The van der Waals surface area contributed by atoms with E-state index < -0.39 is 6.04 Å². The van der Waals surface area contributed by atoms with E-state index in [1.165, 1.54) is 0 Å². The molecule has 3 N–H and O–H groups in total. The number of amides is 1. The van der Waals surface area contributed by atoms with Gasteiger partial charge in [-0.25, -0.2) is 0 Å². The summed E-state index contributed by atoms with van der Waals surface area (Å²) in [4.78, 5) is 14.2. The van der Waals surface area contributed by atoms with E-state index in [9.17, 15) is 4.79 Å². The second kappa shape index (κ2) is 8.72. The summed E-state index contributed by atoms with van der Waals surface area (Å²) in [5.41, 5.74) is 7.11. The first-order valence-electron chi connectivity index (χ1n) is 7.34. The summed E-state index contributed by atoms with van der Waals surface area (Å²) in [5.74, 6) is -0.0726. The van der Waals surface area contributed by atoms with Gasteiger partial charge in [0.25, 0.3) is 0 Å². The molecule has 0 spiro atoms. The van der Waals surface area contributed by atoms with E-state index in [4.69, 9.17) is 10.8 Å². The molecule has 0 bridgehead atoms. The van der Waals surface area contributed by atoms with E-state index in [1.807, 2.05) is 30.3 Å². The van der Waals surface area contributed by atoms with Crippen LogP contribution in [-0.4, -0.2) is 41.1 Å². The van der Waals surface area contributed by atoms with Gasteiger partial charge in [0.2, 0.25) is 5.91 Å². The Morgan fingerprint density at radius 2 is 1.85 bits per heavy atom. The van der Waals surface area contributed by atoms with Gasteiger partial charge in [0.05, 0.1) is 12.6 Å². The standard InChI is InChI=1S/C16H26N2O2/c1-3-14(4-2)18(10-11-19)16(20)15(17)12-13-8-6-5-7-9-13/h5-9,14-15,19H,3-4,10-12,17H2,1-2H3. The van der Waals surface area contributed by atoms with Crippen molar-refractivity contribution in [3.05, 3.63) is 35.9 Å². The minimum atomic E-state index is -0.551. The fourth-order valence-electron chi connectivity index (χ4n) is 2.48. The van der Waals surface area contributed by atoms with Crippen molar-refractivity contribution in [1.29, 1.82) is 0 Å². The van der Waals surface area contributed by atoms with Gasteiger partial charge in [0.15, 0.2) is 0 Å². The number of benzene rings is 1. The summed E-state index contributed by atoms with van der Waals surface area (Å²) in [6, 6.07) is 9.37. The van der Waals surface area contributed by atoms with Crippen LogP contribution in [0, 0.1) is 0 Å². The third kappa shape index (κ3) is 4.62. The molecule has 4 heteroatoms. The summed E-state index contributed by atoms with van der Waals surface area (Å²) in [5, 5.41) is 9.16. The molecule has 1 unspecified atom stereocenters. The highest BCUT2D eigenvalue weighted by atomic mass is 16.3. The average molecular weight is 278 g/mol. The first-order valence-corrected chi connectivity index (χ1v) is 7.34. The Bertz CT molecular complexity index is 391. The van der Waals surface area contributed by atoms with Crippen molar-refractivity contribution >= 4 is 5.91 Å². The predicted octanol–water partition coefficient (Wildman–Crippen LogP) is 1.57. The van der Waals surface area contributed by atoms with Gasteiger partial charge in [-0.2, -0.15) is 0 Å². The molecule has 0 heterocycles. The lowest BCUT2D eigenvalue weighted by Crippen LogP contribution is -2.50. The van der Waals surface area contributed by atoms with Crippen molar-refractivity contribution in [1.82, 2.24) is 4.90 Å². The zero-order chi connectivity index (χ0) is 15.0. The number of hydrogen-bond acceptors (Lipinski definition) is 3. The van der Waals surface area contributed by atoms with Crippen LogP contribution in [0.5, 0.6) is 0 Å². The molecule has 1 atom stereocenters. The molecule has 1 aromatic rings. The van der Waals surface area contributed by atoms with E-state index in [0.29, 0.717) is 13.0 Å². The third-order valence-electron chi connectivity index (χ3n) is 3.62. The average Bonchev–Trinajstić information content (AvgIpc) is 2.47. The molecular formula is C16H26N2O2. The van der Waals surface area contributed by atoms with Crippen molar-refractivity contribution in [2.24, 2.45) is 5.73 Å². The van der Waals surface area contributed by atoms with Crippen molar-refractivity contribution in [2.45, 2.75) is 45.2 Å². The molecule has 1 amide bonds. The number of carbonyl (C=O) groups is 1. The van der Waals surface area contributed by atoms with E-state index in [1.54, 1.807) is 4.90 Å². The summed E-state index contributed by atoms with van der Waals surface area (Å²) >= 11 is 0. The highest BCUT2D eigenvalue weighted by Crippen LogP contribution is 2.11. The van der Waals surface area contributed by atoms with E-state index in [-0.39, 0.29) is 18.6 Å². The lowest BCUT2D eigenvalue weighted by atomic mass is 10.0. The Morgan fingerprint density at radius 1 is 1.25 bits per heavy atom. The Morgan fingerprint density at radius 3 is 2.35 bits per heavy atom. The molecule has 0 aliphatic carbocycles. The zero-order valence-electron chi connectivity index (χ0n) is 12.5. The van der Waals surface area contributed by atoms with Gasteiger partial charge in [-0.3, -0.25) is 4.79 Å². The highest BCUT2D eigenvalue weighted by molar-refractivity contribution is 5.82. The number of aliphatic hydroxyl groups excluding tert-OH is 1. The van der Waals surface area contributed by atoms with Crippen molar-refractivity contribution in [2.75, 3.05) is 13.2 Å². The molecule has 20 heavy (non-hydrogen) atoms. The van der Waals surface area contributed by atoms with E-state index in [2.05, 4.69) is 13.8 Å². The molecule has 0 aliphatic rings. The van der Waals surface area contributed by atoms with Crippen LogP contribution in [0.15, 0.2) is 30.3 Å². The minimum Gasteiger partial charge on any atom is -0.395 e. The first kappa shape index (κ1) is 16.7. The lowest BCUT2D eigenvalue weighted by Gasteiger charge is -2.32. The van der Waals surface area contributed by atoms with Crippen molar-refractivity contribution in [3.63, 3.8) is 0 Å². The van der Waals surface area contributed by atoms with Crippen LogP contribution in [0.4, 0.5) is 0 Å². The summed E-state index contributed by atoms with van der Waals surface area (Å²) < 4.78 is 0. The summed E-state index contributed by atoms with van der Waals surface area (Å²) in [6.45, 7) is 4.43. The van der Waals surface area contributed by atoms with Crippen LogP contribution in [0.25, 0.3) is 0 Å². The van der Waals surface area contributed by atoms with Crippen molar-refractivity contribution < 1.29 is 9.90 Å². The maximum atomic E-state index is 12.5. The van der Waals surface area contributed by atoms with Gasteiger partial charge >= 0.3 is 0 Å². The molecule has 0 saturated heterocycles. The Hall–Kier alpha value is -1.39. The first-order chi connectivity index (χ1) is 9.63. The molecule has 112 valence electrons. The fraction of sp³-hybridized carbons (Fsp3) is 0.562. The van der Waals surface area contributed by atoms with E-state index >= 15 is 0 Å². The summed E-state index contributed by atoms with van der Waals surface area (Å²) in [7, 11) is 0.